The Morgan fingerprint density at radius 2 is 1.94 bits per heavy atom. The molecule has 2 N–H and O–H groups in total. The first-order chi connectivity index (χ1) is 7.25. The van der Waals surface area contributed by atoms with Crippen molar-refractivity contribution in [2.24, 2.45) is 0 Å². The summed E-state index contributed by atoms with van der Waals surface area (Å²) in [4.78, 5) is 10.7. The Labute approximate surface area is 88.4 Å². The van der Waals surface area contributed by atoms with Crippen molar-refractivity contribution in [3.63, 3.8) is 0 Å². The molecule has 0 aromatic rings. The van der Waals surface area contributed by atoms with Gasteiger partial charge < -0.3 is 10.6 Å². The fraction of sp³-hybridized carbons (Fsp3) is 0.875. The predicted molar refractivity (Wildman–Crippen MR) is 45.0 cm³/mol. The first-order valence-corrected chi connectivity index (χ1v) is 4.71. The van der Waals surface area contributed by atoms with Crippen molar-refractivity contribution in [1.29, 1.82) is 0 Å². The summed E-state index contributed by atoms with van der Waals surface area (Å²) in [5.41, 5.74) is 0. The molecule has 1 fully saturated rings. The molecule has 94 valence electrons. The Kier molecular flexibility index (Phi) is 3.72. The summed E-state index contributed by atoms with van der Waals surface area (Å²) < 4.78 is 60.2. The van der Waals surface area contributed by atoms with Gasteiger partial charge in [-0.15, -0.1) is 0 Å². The molecule has 1 aliphatic heterocycles. The number of alkyl halides is 5. The molecule has 0 aliphatic carbocycles. The zero-order chi connectivity index (χ0) is 12.4. The average Bonchev–Trinajstić information content (AvgIpc) is 2.64. The Hall–Kier alpha value is -0.920. The van der Waals surface area contributed by atoms with Gasteiger partial charge in [0, 0.05) is 12.6 Å². The van der Waals surface area contributed by atoms with Gasteiger partial charge in [0.1, 0.15) is 0 Å². The van der Waals surface area contributed by atoms with Crippen molar-refractivity contribution in [3.05, 3.63) is 0 Å². The third kappa shape index (κ3) is 2.81. The van der Waals surface area contributed by atoms with Gasteiger partial charge in [-0.3, -0.25) is 4.79 Å². The lowest BCUT2D eigenvalue weighted by atomic mass is 10.2. The number of nitrogens with one attached hydrogen (secondary N) is 2. The Bertz CT molecular complexity index is 260. The smallest absolute Gasteiger partial charge is 0.349 e. The Balaban J connectivity index is 2.45. The highest BCUT2D eigenvalue weighted by molar-refractivity contribution is 5.84. The molecule has 0 aromatic heterocycles. The highest BCUT2D eigenvalue weighted by Gasteiger charge is 2.63. The molecule has 1 atom stereocenters. The standard InChI is InChI=1S/C8H11F5N2O/c9-7(10,8(11,12)13)6(16)15-4-5-2-1-3-14-5/h5,14H,1-4H2,(H,15,16). The van der Waals surface area contributed by atoms with E-state index in [1.54, 1.807) is 5.32 Å². The van der Waals surface area contributed by atoms with E-state index < -0.39 is 18.0 Å². The minimum atomic E-state index is -5.85. The molecule has 0 radical (unpaired) electrons. The molecule has 1 saturated heterocycles. The zero-order valence-corrected chi connectivity index (χ0v) is 8.20. The molecule has 1 unspecified atom stereocenters. The predicted octanol–water partition coefficient (Wildman–Crippen LogP) is 1.05. The lowest BCUT2D eigenvalue weighted by Gasteiger charge is -2.20. The molecular formula is C8H11F5N2O. The Morgan fingerprint density at radius 1 is 1.31 bits per heavy atom. The van der Waals surface area contributed by atoms with Crippen LogP contribution in [0.15, 0.2) is 0 Å². The van der Waals surface area contributed by atoms with E-state index in [1.807, 2.05) is 0 Å². The molecule has 8 heteroatoms. The van der Waals surface area contributed by atoms with E-state index in [0.29, 0.717) is 13.0 Å². The first kappa shape index (κ1) is 13.1. The molecule has 0 bridgehead atoms. The summed E-state index contributed by atoms with van der Waals surface area (Å²) in [7, 11) is 0. The summed E-state index contributed by atoms with van der Waals surface area (Å²) in [5.74, 6) is -7.63. The lowest BCUT2D eigenvalue weighted by Crippen LogP contribution is -2.52. The van der Waals surface area contributed by atoms with Gasteiger partial charge >= 0.3 is 12.1 Å². The van der Waals surface area contributed by atoms with Gasteiger partial charge in [0.25, 0.3) is 5.91 Å². The van der Waals surface area contributed by atoms with Gasteiger partial charge in [-0.25, -0.2) is 0 Å². The maximum Gasteiger partial charge on any atom is 0.463 e. The van der Waals surface area contributed by atoms with Crippen LogP contribution in [0.2, 0.25) is 0 Å². The molecule has 16 heavy (non-hydrogen) atoms. The molecule has 1 rings (SSSR count). The van der Waals surface area contributed by atoms with Crippen LogP contribution in [-0.2, 0) is 4.79 Å². The van der Waals surface area contributed by atoms with Crippen LogP contribution in [0.3, 0.4) is 0 Å². The molecule has 1 heterocycles. The highest BCUT2D eigenvalue weighted by atomic mass is 19.4. The van der Waals surface area contributed by atoms with Crippen LogP contribution in [0.5, 0.6) is 0 Å². The van der Waals surface area contributed by atoms with Crippen LogP contribution in [0.1, 0.15) is 12.8 Å². The molecule has 3 nitrogen and oxygen atoms in total. The van der Waals surface area contributed by atoms with Crippen molar-refractivity contribution < 1.29 is 26.7 Å². The van der Waals surface area contributed by atoms with Crippen LogP contribution in [0, 0.1) is 0 Å². The van der Waals surface area contributed by atoms with Crippen molar-refractivity contribution in [2.75, 3.05) is 13.1 Å². The number of carbonyl (C=O) groups excluding carboxylic acids is 1. The van der Waals surface area contributed by atoms with E-state index in [2.05, 4.69) is 5.32 Å². The largest absolute Gasteiger partial charge is 0.463 e. The maximum atomic E-state index is 12.4. The number of rotatable bonds is 3. The number of hydrogen-bond donors (Lipinski definition) is 2. The molecule has 1 amide bonds. The van der Waals surface area contributed by atoms with Crippen LogP contribution in [-0.4, -0.2) is 37.1 Å². The monoisotopic (exact) mass is 246 g/mol. The molecule has 0 spiro atoms. The van der Waals surface area contributed by atoms with E-state index in [9.17, 15) is 26.7 Å². The third-order valence-electron chi connectivity index (χ3n) is 2.31. The van der Waals surface area contributed by atoms with Crippen LogP contribution < -0.4 is 10.6 Å². The minimum Gasteiger partial charge on any atom is -0.349 e. The molecule has 0 aromatic carbocycles. The maximum absolute atomic E-state index is 12.4. The fourth-order valence-electron chi connectivity index (χ4n) is 1.39. The number of halogens is 5. The summed E-state index contributed by atoms with van der Waals surface area (Å²) in [5, 5.41) is 4.46. The SMILES string of the molecule is O=C(NCC1CCCN1)C(F)(F)C(F)(F)F. The van der Waals surface area contributed by atoms with Gasteiger partial charge in [0.2, 0.25) is 0 Å². The average molecular weight is 246 g/mol. The first-order valence-electron chi connectivity index (χ1n) is 4.71. The second kappa shape index (κ2) is 4.52. The fourth-order valence-corrected chi connectivity index (χ4v) is 1.39. The van der Waals surface area contributed by atoms with Crippen molar-refractivity contribution in [2.45, 2.75) is 31.0 Å². The third-order valence-corrected chi connectivity index (χ3v) is 2.31. The van der Waals surface area contributed by atoms with Crippen molar-refractivity contribution in [3.8, 4) is 0 Å². The Morgan fingerprint density at radius 3 is 2.38 bits per heavy atom. The topological polar surface area (TPSA) is 41.1 Å². The van der Waals surface area contributed by atoms with Gasteiger partial charge in [-0.2, -0.15) is 22.0 Å². The summed E-state index contributed by atoms with van der Waals surface area (Å²) in [6.45, 7) is 0.459. The lowest BCUT2D eigenvalue weighted by molar-refractivity contribution is -0.269. The summed E-state index contributed by atoms with van der Waals surface area (Å²) in [6, 6.07) is -0.229. The van der Waals surface area contributed by atoms with E-state index in [1.165, 1.54) is 0 Å². The number of carbonyl (C=O) groups is 1. The van der Waals surface area contributed by atoms with Crippen LogP contribution in [0.25, 0.3) is 0 Å². The zero-order valence-electron chi connectivity index (χ0n) is 8.20. The highest BCUT2D eigenvalue weighted by Crippen LogP contribution is 2.35. The van der Waals surface area contributed by atoms with E-state index >= 15 is 0 Å². The molecule has 0 saturated carbocycles. The van der Waals surface area contributed by atoms with Gasteiger partial charge in [-0.05, 0) is 19.4 Å². The van der Waals surface area contributed by atoms with E-state index in [4.69, 9.17) is 0 Å². The van der Waals surface area contributed by atoms with Crippen LogP contribution in [0.4, 0.5) is 22.0 Å². The number of hydrogen-bond acceptors (Lipinski definition) is 2. The second-order valence-electron chi connectivity index (χ2n) is 3.58. The van der Waals surface area contributed by atoms with Crippen molar-refractivity contribution in [1.82, 2.24) is 10.6 Å². The van der Waals surface area contributed by atoms with Gasteiger partial charge in [0.15, 0.2) is 0 Å². The van der Waals surface area contributed by atoms with E-state index in [0.717, 1.165) is 6.42 Å². The van der Waals surface area contributed by atoms with E-state index in [-0.39, 0.29) is 12.6 Å². The second-order valence-corrected chi connectivity index (χ2v) is 3.58. The normalized spacial score (nSPS) is 22.2. The number of amides is 1. The quantitative estimate of drug-likeness (QED) is 0.731. The minimum absolute atomic E-state index is 0.218. The van der Waals surface area contributed by atoms with Crippen molar-refractivity contribution >= 4 is 5.91 Å². The molecule has 1 aliphatic rings. The van der Waals surface area contributed by atoms with Gasteiger partial charge in [-0.1, -0.05) is 0 Å². The molecular weight excluding hydrogens is 235 g/mol. The van der Waals surface area contributed by atoms with Crippen LogP contribution >= 0.6 is 0 Å². The van der Waals surface area contributed by atoms with Gasteiger partial charge in [0.05, 0.1) is 0 Å². The summed E-state index contributed by atoms with van der Waals surface area (Å²) >= 11 is 0. The summed E-state index contributed by atoms with van der Waals surface area (Å²) in [6.07, 6.45) is -4.38.